The van der Waals surface area contributed by atoms with Crippen molar-refractivity contribution >= 4 is 29.3 Å². The van der Waals surface area contributed by atoms with Crippen LogP contribution in [-0.2, 0) is 14.3 Å². The molecule has 144 valence electrons. The van der Waals surface area contributed by atoms with Crippen LogP contribution in [0.15, 0.2) is 24.3 Å². The Bertz CT molecular complexity index is 873. The van der Waals surface area contributed by atoms with Gasteiger partial charge in [0.1, 0.15) is 5.75 Å². The zero-order chi connectivity index (χ0) is 20.1. The van der Waals surface area contributed by atoms with Crippen LogP contribution < -0.4 is 4.74 Å². The molecule has 8 heteroatoms. The number of aromatic nitrogens is 1. The Morgan fingerprint density at radius 2 is 1.85 bits per heavy atom. The van der Waals surface area contributed by atoms with Crippen LogP contribution in [0.4, 0.5) is 0 Å². The third kappa shape index (κ3) is 4.68. The number of hydrogen-bond donors (Lipinski definition) is 1. The molecule has 0 aliphatic rings. The Hall–Kier alpha value is -2.80. The van der Waals surface area contributed by atoms with Crippen LogP contribution in [0.2, 0.25) is 5.02 Å². The number of H-pyrrole nitrogens is 1. The number of ketones is 1. The number of para-hydroxylation sites is 1. The number of carbonyl (C=O) groups excluding carboxylic acids is 3. The third-order valence-corrected chi connectivity index (χ3v) is 4.25. The van der Waals surface area contributed by atoms with Crippen LogP contribution in [0.25, 0.3) is 0 Å². The summed E-state index contributed by atoms with van der Waals surface area (Å²) in [7, 11) is 1.26. The zero-order valence-corrected chi connectivity index (χ0v) is 16.2. The van der Waals surface area contributed by atoms with E-state index < -0.39 is 30.4 Å². The fraction of sp³-hybridized carbons (Fsp3) is 0.316. The largest absolute Gasteiger partial charge is 0.480 e. The summed E-state index contributed by atoms with van der Waals surface area (Å²) in [6, 6.07) is 6.69. The van der Waals surface area contributed by atoms with Crippen LogP contribution in [0, 0.1) is 13.8 Å². The van der Waals surface area contributed by atoms with Gasteiger partial charge in [0.15, 0.2) is 12.7 Å². The van der Waals surface area contributed by atoms with Gasteiger partial charge in [-0.15, -0.1) is 0 Å². The molecule has 0 saturated carbocycles. The number of methoxy groups -OCH3 is 1. The number of rotatable bonds is 7. The molecule has 0 spiro atoms. The summed E-state index contributed by atoms with van der Waals surface area (Å²) in [5.41, 5.74) is 1.43. The molecule has 2 rings (SSSR count). The van der Waals surface area contributed by atoms with Crippen molar-refractivity contribution in [1.82, 2.24) is 4.98 Å². The Morgan fingerprint density at radius 3 is 2.48 bits per heavy atom. The number of aryl methyl sites for hydroxylation is 1. The van der Waals surface area contributed by atoms with E-state index in [1.165, 1.54) is 14.0 Å². The lowest BCUT2D eigenvalue weighted by Crippen LogP contribution is -2.28. The molecule has 0 bridgehead atoms. The minimum absolute atomic E-state index is 0.195. The lowest BCUT2D eigenvalue weighted by Gasteiger charge is -2.13. The van der Waals surface area contributed by atoms with Gasteiger partial charge in [-0.1, -0.05) is 23.7 Å². The van der Waals surface area contributed by atoms with E-state index in [9.17, 15) is 14.4 Å². The Kier molecular flexibility index (Phi) is 6.63. The van der Waals surface area contributed by atoms with Crippen molar-refractivity contribution in [3.63, 3.8) is 0 Å². The van der Waals surface area contributed by atoms with E-state index in [-0.39, 0.29) is 5.69 Å². The van der Waals surface area contributed by atoms with E-state index >= 15 is 0 Å². The highest BCUT2D eigenvalue weighted by molar-refractivity contribution is 6.32. The molecule has 1 atom stereocenters. The van der Waals surface area contributed by atoms with E-state index in [2.05, 4.69) is 4.98 Å². The van der Waals surface area contributed by atoms with Crippen LogP contribution >= 0.6 is 11.6 Å². The SMILES string of the molecule is COC(=O)c1c(C)[nH]c(C(=O)[C@@H](C)OC(=O)COc2ccccc2Cl)c1C. The van der Waals surface area contributed by atoms with E-state index in [1.807, 2.05) is 0 Å². The summed E-state index contributed by atoms with van der Waals surface area (Å²) < 4.78 is 15.1. The molecule has 0 radical (unpaired) electrons. The maximum atomic E-state index is 12.6. The molecule has 0 aliphatic heterocycles. The van der Waals surface area contributed by atoms with Crippen molar-refractivity contribution in [3.8, 4) is 5.75 Å². The van der Waals surface area contributed by atoms with Crippen molar-refractivity contribution in [2.75, 3.05) is 13.7 Å². The summed E-state index contributed by atoms with van der Waals surface area (Å²) in [6.45, 7) is 4.34. The van der Waals surface area contributed by atoms with Gasteiger partial charge in [-0.2, -0.15) is 0 Å². The highest BCUT2D eigenvalue weighted by atomic mass is 35.5. The van der Waals surface area contributed by atoms with Gasteiger partial charge in [0, 0.05) is 5.69 Å². The predicted molar refractivity (Wildman–Crippen MR) is 98.4 cm³/mol. The minimum Gasteiger partial charge on any atom is -0.480 e. The number of halogens is 1. The van der Waals surface area contributed by atoms with Crippen LogP contribution in [0.5, 0.6) is 5.75 Å². The van der Waals surface area contributed by atoms with Crippen molar-refractivity contribution < 1.29 is 28.6 Å². The van der Waals surface area contributed by atoms with E-state index in [0.717, 1.165) is 0 Å². The first kappa shape index (κ1) is 20.5. The molecule has 0 amide bonds. The quantitative estimate of drug-likeness (QED) is 0.573. The average Bonchev–Trinajstić information content (AvgIpc) is 2.94. The molecule has 0 aliphatic carbocycles. The molecule has 0 saturated heterocycles. The van der Waals surface area contributed by atoms with Gasteiger partial charge < -0.3 is 19.2 Å². The van der Waals surface area contributed by atoms with Crippen molar-refractivity contribution in [3.05, 3.63) is 51.8 Å². The van der Waals surface area contributed by atoms with Gasteiger partial charge in [-0.25, -0.2) is 9.59 Å². The van der Waals surface area contributed by atoms with E-state index in [4.69, 9.17) is 25.8 Å². The number of aromatic amines is 1. The molecular formula is C19H20ClNO6. The number of ether oxygens (including phenoxy) is 3. The molecule has 0 fully saturated rings. The van der Waals surface area contributed by atoms with Crippen molar-refractivity contribution in [2.45, 2.75) is 26.9 Å². The maximum absolute atomic E-state index is 12.6. The normalized spacial score (nSPS) is 11.6. The second-order valence-corrected chi connectivity index (χ2v) is 6.24. The number of hydrogen-bond acceptors (Lipinski definition) is 6. The summed E-state index contributed by atoms with van der Waals surface area (Å²) in [4.78, 5) is 39.2. The van der Waals surface area contributed by atoms with Gasteiger partial charge in [0.2, 0.25) is 5.78 Å². The first-order valence-corrected chi connectivity index (χ1v) is 8.52. The Labute approximate surface area is 161 Å². The minimum atomic E-state index is -1.06. The smallest absolute Gasteiger partial charge is 0.344 e. The van der Waals surface area contributed by atoms with Crippen molar-refractivity contribution in [1.29, 1.82) is 0 Å². The summed E-state index contributed by atoms with van der Waals surface area (Å²) >= 11 is 5.94. The summed E-state index contributed by atoms with van der Waals surface area (Å²) in [5, 5.41) is 0.363. The van der Waals surface area contributed by atoms with Crippen LogP contribution in [0.1, 0.15) is 39.0 Å². The fourth-order valence-corrected chi connectivity index (χ4v) is 2.78. The van der Waals surface area contributed by atoms with Gasteiger partial charge in [0.05, 0.1) is 23.4 Å². The number of esters is 2. The average molecular weight is 394 g/mol. The number of nitrogens with one attached hydrogen (secondary N) is 1. The summed E-state index contributed by atoms with van der Waals surface area (Å²) in [5.74, 6) is -1.38. The topological polar surface area (TPSA) is 94.7 Å². The Balaban J connectivity index is 2.02. The van der Waals surface area contributed by atoms with Gasteiger partial charge in [-0.3, -0.25) is 4.79 Å². The molecule has 1 aromatic carbocycles. The molecule has 1 heterocycles. The molecule has 7 nitrogen and oxygen atoms in total. The molecule has 1 N–H and O–H groups in total. The van der Waals surface area contributed by atoms with E-state index in [0.29, 0.717) is 27.6 Å². The first-order chi connectivity index (χ1) is 12.8. The first-order valence-electron chi connectivity index (χ1n) is 8.14. The Morgan fingerprint density at radius 1 is 1.19 bits per heavy atom. The third-order valence-electron chi connectivity index (χ3n) is 3.93. The molecule has 27 heavy (non-hydrogen) atoms. The lowest BCUT2D eigenvalue weighted by molar-refractivity contribution is -0.148. The van der Waals surface area contributed by atoms with E-state index in [1.54, 1.807) is 38.1 Å². The fourth-order valence-electron chi connectivity index (χ4n) is 2.59. The predicted octanol–water partition coefficient (Wildman–Crippen LogP) is 3.26. The molecular weight excluding hydrogens is 374 g/mol. The number of benzene rings is 1. The second kappa shape index (κ2) is 8.73. The van der Waals surface area contributed by atoms with Gasteiger partial charge >= 0.3 is 11.9 Å². The zero-order valence-electron chi connectivity index (χ0n) is 15.4. The monoisotopic (exact) mass is 393 g/mol. The van der Waals surface area contributed by atoms with Crippen LogP contribution in [0.3, 0.4) is 0 Å². The molecule has 1 aromatic heterocycles. The number of carbonyl (C=O) groups is 3. The van der Waals surface area contributed by atoms with Crippen molar-refractivity contribution in [2.24, 2.45) is 0 Å². The summed E-state index contributed by atoms with van der Waals surface area (Å²) in [6.07, 6.45) is -1.06. The highest BCUT2D eigenvalue weighted by Gasteiger charge is 2.27. The standard InChI is InChI=1S/C19H20ClNO6/c1-10-16(19(24)25-4)11(2)21-17(10)18(23)12(3)27-15(22)9-26-14-8-6-5-7-13(14)20/h5-8,12,21H,9H2,1-4H3/t12-/m1/s1. The highest BCUT2D eigenvalue weighted by Crippen LogP contribution is 2.23. The lowest BCUT2D eigenvalue weighted by atomic mass is 10.1. The van der Waals surface area contributed by atoms with Gasteiger partial charge in [-0.05, 0) is 38.5 Å². The number of Topliss-reactive ketones (excluding diaryl/α,β-unsaturated/α-hetero) is 1. The van der Waals surface area contributed by atoms with Crippen LogP contribution in [-0.4, -0.2) is 42.5 Å². The molecule has 0 unspecified atom stereocenters. The maximum Gasteiger partial charge on any atom is 0.344 e. The second-order valence-electron chi connectivity index (χ2n) is 5.83. The molecule has 2 aromatic rings. The van der Waals surface area contributed by atoms with Gasteiger partial charge in [0.25, 0.3) is 0 Å².